The average molecular weight is 676 g/mol. The zero-order chi connectivity index (χ0) is 36.5. The molecule has 0 fully saturated rings. The molecule has 0 aliphatic heterocycles. The van der Waals surface area contributed by atoms with Gasteiger partial charge in [0.05, 0.1) is 29.5 Å². The lowest BCUT2D eigenvalue weighted by molar-refractivity contribution is -0.141. The number of nitrogens with two attached hydrogens (primary N) is 1. The van der Waals surface area contributed by atoms with E-state index >= 15 is 0 Å². The van der Waals surface area contributed by atoms with E-state index in [9.17, 15) is 48.3 Å². The highest BCUT2D eigenvalue weighted by Crippen LogP contribution is 2.27. The molecule has 0 saturated carbocycles. The van der Waals surface area contributed by atoms with Crippen LogP contribution in [-0.4, -0.2) is 86.8 Å². The van der Waals surface area contributed by atoms with Crippen molar-refractivity contribution in [3.63, 3.8) is 0 Å². The molecule has 0 unspecified atom stereocenters. The number of anilines is 1. The van der Waals surface area contributed by atoms with Crippen LogP contribution in [0.15, 0.2) is 27.4 Å². The molecule has 48 heavy (non-hydrogen) atoms. The molecule has 0 radical (unpaired) electrons. The Hall–Kier alpha value is -5.81. The van der Waals surface area contributed by atoms with Gasteiger partial charge in [-0.15, -0.1) is 0 Å². The van der Waals surface area contributed by atoms with Crippen LogP contribution in [0.4, 0.5) is 5.69 Å². The SMILES string of the molecule is CC(=O)N[C@@H](CC(=O)O)C(=O)N[C@@H](CCC(=O)O)C(=O)N[C@H](C(=O)N[C@@H](CC(=O)O)C(=O)c1cccc2oc(=O)c(C)c(N)c12)C(C)C. The van der Waals surface area contributed by atoms with Crippen molar-refractivity contribution >= 4 is 64.0 Å². The number of hydrogen-bond acceptors (Lipinski definition) is 11. The number of amides is 4. The zero-order valence-corrected chi connectivity index (χ0v) is 26.4. The third-order valence-electron chi connectivity index (χ3n) is 7.09. The first-order valence-corrected chi connectivity index (χ1v) is 14.5. The number of carbonyl (C=O) groups excluding carboxylic acids is 5. The third-order valence-corrected chi connectivity index (χ3v) is 7.09. The first-order valence-electron chi connectivity index (χ1n) is 14.5. The smallest absolute Gasteiger partial charge is 0.341 e. The molecule has 0 aliphatic rings. The number of hydrogen-bond donors (Lipinski definition) is 8. The molecule has 9 N–H and O–H groups in total. The van der Waals surface area contributed by atoms with E-state index in [1.165, 1.54) is 39.0 Å². The second-order valence-corrected chi connectivity index (χ2v) is 11.2. The van der Waals surface area contributed by atoms with Crippen molar-refractivity contribution in [2.24, 2.45) is 5.92 Å². The van der Waals surface area contributed by atoms with Crippen LogP contribution in [0.3, 0.4) is 0 Å². The largest absolute Gasteiger partial charge is 0.481 e. The van der Waals surface area contributed by atoms with Gasteiger partial charge in [-0.1, -0.05) is 26.0 Å². The number of fused-ring (bicyclic) bond motifs is 1. The summed E-state index contributed by atoms with van der Waals surface area (Å²) < 4.78 is 5.20. The van der Waals surface area contributed by atoms with Crippen LogP contribution >= 0.6 is 0 Å². The Bertz CT molecular complexity index is 1670. The molecule has 1 heterocycles. The van der Waals surface area contributed by atoms with Gasteiger partial charge in [-0.3, -0.25) is 38.4 Å². The molecule has 2 rings (SSSR count). The van der Waals surface area contributed by atoms with Crippen molar-refractivity contribution in [3.05, 3.63) is 39.7 Å². The minimum atomic E-state index is -1.71. The maximum Gasteiger partial charge on any atom is 0.341 e. The standard InChI is InChI=1S/C30H37N5O13/c1-12(2)25(35-27(44)16(8-9-20(37)38)33-28(45)18(11-22(41)42)32-14(4)36)29(46)34-17(10-21(39)40)26(43)15-6-5-7-19-23(15)24(31)13(3)30(47)48-19/h5-7,12,16-18,25H,8-11,31H2,1-4H3,(H,32,36)(H,33,45)(H,34,46)(H,35,44)(H,37,38)(H,39,40)(H,41,42)/t16-,17-,18-,25-/m0/s1. The number of rotatable bonds is 17. The number of benzene rings is 1. The van der Waals surface area contributed by atoms with Gasteiger partial charge in [0.1, 0.15) is 29.8 Å². The summed E-state index contributed by atoms with van der Waals surface area (Å²) in [6.07, 6.45) is -2.90. The number of ketones is 1. The average Bonchev–Trinajstić information content (AvgIpc) is 2.98. The molecule has 0 spiro atoms. The number of nitrogen functional groups attached to an aromatic ring is 1. The second kappa shape index (κ2) is 16.7. The van der Waals surface area contributed by atoms with Gasteiger partial charge >= 0.3 is 23.5 Å². The van der Waals surface area contributed by atoms with Gasteiger partial charge in [-0.2, -0.15) is 0 Å². The number of carboxylic acid groups (broad SMARTS) is 3. The van der Waals surface area contributed by atoms with Gasteiger partial charge in [0, 0.05) is 18.9 Å². The first kappa shape index (κ1) is 38.4. The Morgan fingerprint density at radius 3 is 1.90 bits per heavy atom. The summed E-state index contributed by atoms with van der Waals surface area (Å²) in [4.78, 5) is 111. The minimum Gasteiger partial charge on any atom is -0.481 e. The van der Waals surface area contributed by atoms with Crippen molar-refractivity contribution in [2.45, 2.75) is 77.5 Å². The van der Waals surface area contributed by atoms with Crippen LogP contribution in [0.25, 0.3) is 11.0 Å². The number of aliphatic carboxylic acids is 3. The zero-order valence-electron chi connectivity index (χ0n) is 26.4. The molecule has 4 atom stereocenters. The molecule has 0 aliphatic carbocycles. The molecular formula is C30H37N5O13. The summed E-state index contributed by atoms with van der Waals surface area (Å²) >= 11 is 0. The summed E-state index contributed by atoms with van der Waals surface area (Å²) in [7, 11) is 0. The molecule has 18 nitrogen and oxygen atoms in total. The molecule has 1 aromatic carbocycles. The van der Waals surface area contributed by atoms with Crippen molar-refractivity contribution < 1.29 is 58.1 Å². The lowest BCUT2D eigenvalue weighted by Gasteiger charge is -2.27. The Labute approximate surface area is 272 Å². The van der Waals surface area contributed by atoms with E-state index in [0.717, 1.165) is 6.92 Å². The fraction of sp³-hybridized carbons (Fsp3) is 0.433. The van der Waals surface area contributed by atoms with Gasteiger partial charge in [0.15, 0.2) is 5.78 Å². The van der Waals surface area contributed by atoms with E-state index in [4.69, 9.17) is 20.4 Å². The molecule has 2 aromatic rings. The predicted molar refractivity (Wildman–Crippen MR) is 166 cm³/mol. The van der Waals surface area contributed by atoms with E-state index in [-0.39, 0.29) is 27.8 Å². The Kier molecular flexibility index (Phi) is 13.3. The highest BCUT2D eigenvalue weighted by molar-refractivity contribution is 6.14. The first-order chi connectivity index (χ1) is 22.3. The van der Waals surface area contributed by atoms with E-state index in [1.54, 1.807) is 0 Å². The van der Waals surface area contributed by atoms with Crippen LogP contribution in [0, 0.1) is 12.8 Å². The fourth-order valence-corrected chi connectivity index (χ4v) is 4.63. The molecule has 0 bridgehead atoms. The van der Waals surface area contributed by atoms with Gasteiger partial charge in [0.2, 0.25) is 23.6 Å². The fourth-order valence-electron chi connectivity index (χ4n) is 4.63. The Morgan fingerprint density at radius 2 is 1.35 bits per heavy atom. The number of nitrogens with one attached hydrogen (secondary N) is 4. The lowest BCUT2D eigenvalue weighted by atomic mass is 9.95. The minimum absolute atomic E-state index is 0.0000494. The summed E-state index contributed by atoms with van der Waals surface area (Å²) in [5.74, 6) is -9.84. The molecule has 0 saturated heterocycles. The van der Waals surface area contributed by atoms with Crippen LogP contribution in [0.1, 0.15) is 62.4 Å². The van der Waals surface area contributed by atoms with Gasteiger partial charge < -0.3 is 46.7 Å². The summed E-state index contributed by atoms with van der Waals surface area (Å²) in [5.41, 5.74) is 5.05. The quantitative estimate of drug-likeness (QED) is 0.0759. The number of carbonyl (C=O) groups is 8. The van der Waals surface area contributed by atoms with Crippen molar-refractivity contribution in [3.8, 4) is 0 Å². The summed E-state index contributed by atoms with van der Waals surface area (Å²) in [6.45, 7) is 5.39. The highest BCUT2D eigenvalue weighted by Gasteiger charge is 2.34. The van der Waals surface area contributed by atoms with Crippen molar-refractivity contribution in [2.75, 3.05) is 5.73 Å². The maximum absolute atomic E-state index is 13.7. The molecule has 4 amide bonds. The van der Waals surface area contributed by atoms with Crippen molar-refractivity contribution in [1.29, 1.82) is 0 Å². The van der Waals surface area contributed by atoms with Gasteiger partial charge in [0.25, 0.3) is 0 Å². The number of carboxylic acids is 3. The molecular weight excluding hydrogens is 638 g/mol. The van der Waals surface area contributed by atoms with Crippen LogP contribution in [0.2, 0.25) is 0 Å². The molecule has 18 heteroatoms. The third kappa shape index (κ3) is 10.4. The second-order valence-electron chi connectivity index (χ2n) is 11.2. The van der Waals surface area contributed by atoms with Crippen LogP contribution < -0.4 is 32.6 Å². The number of Topliss-reactive ketones (excluding diaryl/α,β-unsaturated/α-hetero) is 1. The van der Waals surface area contributed by atoms with E-state index in [0.29, 0.717) is 0 Å². The lowest BCUT2D eigenvalue weighted by Crippen LogP contribution is -2.59. The van der Waals surface area contributed by atoms with Gasteiger partial charge in [-0.25, -0.2) is 4.79 Å². The van der Waals surface area contributed by atoms with Crippen LogP contribution in [0.5, 0.6) is 0 Å². The maximum atomic E-state index is 13.7. The Balaban J connectivity index is 2.40. The van der Waals surface area contributed by atoms with Crippen LogP contribution in [-0.2, 0) is 33.6 Å². The predicted octanol–water partition coefficient (Wildman–Crippen LogP) is -0.704. The van der Waals surface area contributed by atoms with E-state index < -0.39 is 109 Å². The van der Waals surface area contributed by atoms with E-state index in [1.807, 2.05) is 0 Å². The Morgan fingerprint density at radius 1 is 0.792 bits per heavy atom. The summed E-state index contributed by atoms with van der Waals surface area (Å²) in [6, 6.07) is -2.37. The molecule has 1 aromatic heterocycles. The highest BCUT2D eigenvalue weighted by atomic mass is 16.4. The van der Waals surface area contributed by atoms with Crippen molar-refractivity contribution in [1.82, 2.24) is 21.3 Å². The monoisotopic (exact) mass is 675 g/mol. The van der Waals surface area contributed by atoms with E-state index in [2.05, 4.69) is 21.3 Å². The molecule has 260 valence electrons. The van der Waals surface area contributed by atoms with Gasteiger partial charge in [-0.05, 0) is 25.3 Å². The topological polar surface area (TPSA) is 302 Å². The summed E-state index contributed by atoms with van der Waals surface area (Å²) in [5, 5.41) is 36.9. The normalized spacial score (nSPS) is 13.4.